The van der Waals surface area contributed by atoms with Crippen molar-refractivity contribution < 1.29 is 4.74 Å². The Morgan fingerprint density at radius 1 is 1.14 bits per heavy atom. The topological polar surface area (TPSA) is 39.9 Å². The zero-order valence-corrected chi connectivity index (χ0v) is 12.7. The standard InChI is InChI=1S/C18H17N3O/c1-3-8-21-17-5-4-13(22-2)10-14(17)15-9-12-6-7-19-11-16(12)20-18(15)21/h4-7,9-11H,3,8H2,1-2H3. The van der Waals surface area contributed by atoms with E-state index < -0.39 is 0 Å². The summed E-state index contributed by atoms with van der Waals surface area (Å²) in [5, 5.41) is 3.47. The molecule has 0 saturated heterocycles. The second kappa shape index (κ2) is 4.98. The lowest BCUT2D eigenvalue weighted by molar-refractivity contribution is 0.415. The predicted octanol–water partition coefficient (Wildman–Crippen LogP) is 4.16. The average molecular weight is 291 g/mol. The Balaban J connectivity index is 2.17. The summed E-state index contributed by atoms with van der Waals surface area (Å²) in [4.78, 5) is 9.03. The first-order valence-electron chi connectivity index (χ1n) is 7.52. The summed E-state index contributed by atoms with van der Waals surface area (Å²) in [6.07, 6.45) is 4.70. The summed E-state index contributed by atoms with van der Waals surface area (Å²) < 4.78 is 7.68. The SMILES string of the molecule is CCCn1c2ccc(OC)cc2c2cc3ccncc3nc21. The third-order valence-corrected chi connectivity index (χ3v) is 4.09. The van der Waals surface area contributed by atoms with Crippen molar-refractivity contribution in [2.75, 3.05) is 7.11 Å². The van der Waals surface area contributed by atoms with Crippen molar-refractivity contribution in [3.05, 3.63) is 42.7 Å². The van der Waals surface area contributed by atoms with Crippen molar-refractivity contribution in [1.29, 1.82) is 0 Å². The van der Waals surface area contributed by atoms with Crippen LogP contribution in [-0.4, -0.2) is 21.6 Å². The van der Waals surface area contributed by atoms with E-state index in [1.165, 1.54) is 16.3 Å². The highest BCUT2D eigenvalue weighted by molar-refractivity contribution is 6.10. The second-order valence-electron chi connectivity index (χ2n) is 5.46. The Hall–Kier alpha value is -2.62. The van der Waals surface area contributed by atoms with Crippen LogP contribution in [0, 0.1) is 0 Å². The molecule has 0 bridgehead atoms. The molecule has 0 aliphatic rings. The number of pyridine rings is 2. The van der Waals surface area contributed by atoms with Crippen LogP contribution in [0.4, 0.5) is 0 Å². The third kappa shape index (κ3) is 1.84. The fourth-order valence-corrected chi connectivity index (χ4v) is 3.07. The van der Waals surface area contributed by atoms with Gasteiger partial charge in [0.2, 0.25) is 0 Å². The van der Waals surface area contributed by atoms with E-state index in [2.05, 4.69) is 34.7 Å². The lowest BCUT2D eigenvalue weighted by atomic mass is 10.1. The molecule has 1 aromatic carbocycles. The van der Waals surface area contributed by atoms with Crippen molar-refractivity contribution in [2.45, 2.75) is 19.9 Å². The Morgan fingerprint density at radius 2 is 2.05 bits per heavy atom. The minimum Gasteiger partial charge on any atom is -0.497 e. The molecule has 3 aromatic heterocycles. The molecule has 3 heterocycles. The summed E-state index contributed by atoms with van der Waals surface area (Å²) >= 11 is 0. The van der Waals surface area contributed by atoms with Crippen molar-refractivity contribution in [3.8, 4) is 5.75 Å². The van der Waals surface area contributed by atoms with Gasteiger partial charge in [0.05, 0.1) is 24.3 Å². The molecule has 4 aromatic rings. The van der Waals surface area contributed by atoms with E-state index in [1.807, 2.05) is 24.5 Å². The number of hydrogen-bond donors (Lipinski definition) is 0. The molecule has 0 fully saturated rings. The quantitative estimate of drug-likeness (QED) is 0.569. The molecule has 22 heavy (non-hydrogen) atoms. The molecule has 4 heteroatoms. The van der Waals surface area contributed by atoms with Gasteiger partial charge >= 0.3 is 0 Å². The average Bonchev–Trinajstić information content (AvgIpc) is 2.86. The van der Waals surface area contributed by atoms with Crippen LogP contribution in [0.15, 0.2) is 42.7 Å². The van der Waals surface area contributed by atoms with Crippen LogP contribution in [-0.2, 0) is 6.54 Å². The smallest absolute Gasteiger partial charge is 0.141 e. The van der Waals surface area contributed by atoms with Gasteiger partial charge in [-0.1, -0.05) is 6.92 Å². The van der Waals surface area contributed by atoms with Gasteiger partial charge in [-0.3, -0.25) is 4.98 Å². The second-order valence-corrected chi connectivity index (χ2v) is 5.46. The molecular weight excluding hydrogens is 274 g/mol. The highest BCUT2D eigenvalue weighted by Gasteiger charge is 2.13. The molecule has 0 atom stereocenters. The Kier molecular flexibility index (Phi) is 2.96. The van der Waals surface area contributed by atoms with E-state index in [9.17, 15) is 0 Å². The van der Waals surface area contributed by atoms with Crippen molar-refractivity contribution >= 4 is 32.8 Å². The van der Waals surface area contributed by atoms with Crippen molar-refractivity contribution in [2.24, 2.45) is 0 Å². The summed E-state index contributed by atoms with van der Waals surface area (Å²) in [6.45, 7) is 3.13. The first-order valence-corrected chi connectivity index (χ1v) is 7.52. The van der Waals surface area contributed by atoms with Gasteiger partial charge in [-0.15, -0.1) is 0 Å². The molecular formula is C18H17N3O. The van der Waals surface area contributed by atoms with Gasteiger partial charge in [0.25, 0.3) is 0 Å². The Morgan fingerprint density at radius 3 is 2.86 bits per heavy atom. The number of nitrogens with zero attached hydrogens (tertiary/aromatic N) is 3. The van der Waals surface area contributed by atoms with E-state index in [0.29, 0.717) is 0 Å². The molecule has 0 aliphatic carbocycles. The first-order chi connectivity index (χ1) is 10.8. The maximum atomic E-state index is 5.39. The van der Waals surface area contributed by atoms with Gasteiger partial charge in [-0.05, 0) is 36.8 Å². The highest BCUT2D eigenvalue weighted by atomic mass is 16.5. The fraction of sp³-hybridized carbons (Fsp3) is 0.222. The molecule has 0 saturated carbocycles. The summed E-state index contributed by atoms with van der Waals surface area (Å²) in [7, 11) is 1.70. The molecule has 0 amide bonds. The molecule has 0 spiro atoms. The molecule has 0 aliphatic heterocycles. The maximum absolute atomic E-state index is 5.39. The number of rotatable bonds is 3. The minimum atomic E-state index is 0.873. The van der Waals surface area contributed by atoms with Crippen molar-refractivity contribution in [1.82, 2.24) is 14.5 Å². The number of methoxy groups -OCH3 is 1. The zero-order valence-electron chi connectivity index (χ0n) is 12.7. The summed E-state index contributed by atoms with van der Waals surface area (Å²) in [6, 6.07) is 10.4. The van der Waals surface area contributed by atoms with E-state index in [4.69, 9.17) is 9.72 Å². The number of aromatic nitrogens is 3. The zero-order chi connectivity index (χ0) is 15.1. The Bertz CT molecular complexity index is 988. The van der Waals surface area contributed by atoms with Gasteiger partial charge < -0.3 is 9.30 Å². The van der Waals surface area contributed by atoms with Crippen LogP contribution in [0.2, 0.25) is 0 Å². The van der Waals surface area contributed by atoms with Crippen LogP contribution in [0.5, 0.6) is 5.75 Å². The normalized spacial score (nSPS) is 11.5. The fourth-order valence-electron chi connectivity index (χ4n) is 3.07. The van der Waals surface area contributed by atoms with Crippen LogP contribution in [0.25, 0.3) is 32.8 Å². The minimum absolute atomic E-state index is 0.873. The number of fused-ring (bicyclic) bond motifs is 4. The number of hydrogen-bond acceptors (Lipinski definition) is 3. The van der Waals surface area contributed by atoms with Crippen LogP contribution < -0.4 is 4.74 Å². The number of aryl methyl sites for hydroxylation is 1. The molecule has 0 unspecified atom stereocenters. The Labute approximate surface area is 128 Å². The molecule has 4 rings (SSSR count). The molecule has 0 radical (unpaired) electrons. The van der Waals surface area contributed by atoms with Crippen LogP contribution in [0.3, 0.4) is 0 Å². The largest absolute Gasteiger partial charge is 0.497 e. The van der Waals surface area contributed by atoms with E-state index in [-0.39, 0.29) is 0 Å². The lowest BCUT2D eigenvalue weighted by Gasteiger charge is -2.05. The molecule has 4 nitrogen and oxygen atoms in total. The van der Waals surface area contributed by atoms with Gasteiger partial charge in [0, 0.05) is 28.9 Å². The highest BCUT2D eigenvalue weighted by Crippen LogP contribution is 2.32. The van der Waals surface area contributed by atoms with Crippen LogP contribution >= 0.6 is 0 Å². The van der Waals surface area contributed by atoms with Gasteiger partial charge in [-0.2, -0.15) is 0 Å². The lowest BCUT2D eigenvalue weighted by Crippen LogP contribution is -1.97. The third-order valence-electron chi connectivity index (χ3n) is 4.09. The monoisotopic (exact) mass is 291 g/mol. The van der Waals surface area contributed by atoms with E-state index in [1.54, 1.807) is 7.11 Å². The number of benzene rings is 1. The first kappa shape index (κ1) is 13.1. The van der Waals surface area contributed by atoms with Crippen LogP contribution in [0.1, 0.15) is 13.3 Å². The van der Waals surface area contributed by atoms with Gasteiger partial charge in [0.15, 0.2) is 0 Å². The predicted molar refractivity (Wildman–Crippen MR) is 89.4 cm³/mol. The van der Waals surface area contributed by atoms with Gasteiger partial charge in [-0.25, -0.2) is 4.98 Å². The van der Waals surface area contributed by atoms with E-state index in [0.717, 1.165) is 35.3 Å². The molecule has 0 N–H and O–H groups in total. The number of ether oxygens (including phenoxy) is 1. The van der Waals surface area contributed by atoms with Gasteiger partial charge in [0.1, 0.15) is 11.4 Å². The summed E-state index contributed by atoms with van der Waals surface area (Å²) in [5.74, 6) is 0.873. The van der Waals surface area contributed by atoms with Crippen molar-refractivity contribution in [3.63, 3.8) is 0 Å². The maximum Gasteiger partial charge on any atom is 0.141 e. The summed E-state index contributed by atoms with van der Waals surface area (Å²) in [5.41, 5.74) is 3.15. The molecule has 110 valence electrons. The van der Waals surface area contributed by atoms with E-state index >= 15 is 0 Å².